The van der Waals surface area contributed by atoms with Gasteiger partial charge in [-0.2, -0.15) is 0 Å². The van der Waals surface area contributed by atoms with Crippen molar-refractivity contribution in [3.63, 3.8) is 0 Å². The molecule has 88 valence electrons. The van der Waals surface area contributed by atoms with Crippen LogP contribution in [0.4, 0.5) is 0 Å². The largest absolute Gasteiger partial charge is 0.265 e. The second-order valence-corrected chi connectivity index (χ2v) is 5.43. The maximum absolute atomic E-state index is 6.47. The zero-order valence-corrected chi connectivity index (χ0v) is 11.9. The van der Waals surface area contributed by atoms with Gasteiger partial charge in [0.1, 0.15) is 0 Å². The van der Waals surface area contributed by atoms with Crippen LogP contribution < -0.4 is 0 Å². The van der Waals surface area contributed by atoms with Gasteiger partial charge in [-0.05, 0) is 42.7 Å². The number of benzene rings is 1. The molecule has 0 amide bonds. The smallest absolute Gasteiger partial charge is 0.0636 e. The van der Waals surface area contributed by atoms with Gasteiger partial charge in [-0.3, -0.25) is 4.98 Å². The highest BCUT2D eigenvalue weighted by Crippen LogP contribution is 2.31. The van der Waals surface area contributed by atoms with E-state index in [2.05, 4.69) is 40.0 Å². The van der Waals surface area contributed by atoms with Gasteiger partial charge in [-0.15, -0.1) is 11.6 Å². The second kappa shape index (κ2) is 5.65. The van der Waals surface area contributed by atoms with Crippen molar-refractivity contribution in [3.8, 4) is 0 Å². The van der Waals surface area contributed by atoms with Gasteiger partial charge in [0.15, 0.2) is 0 Å². The molecule has 1 nitrogen and oxygen atoms in total. The summed E-state index contributed by atoms with van der Waals surface area (Å²) in [6.45, 7) is 2.08. The van der Waals surface area contributed by atoms with Crippen molar-refractivity contribution in [1.82, 2.24) is 4.98 Å². The van der Waals surface area contributed by atoms with Crippen LogP contribution in [-0.4, -0.2) is 4.98 Å². The molecule has 2 aromatic rings. The Morgan fingerprint density at radius 3 is 2.65 bits per heavy atom. The van der Waals surface area contributed by atoms with E-state index in [9.17, 15) is 0 Å². The van der Waals surface area contributed by atoms with E-state index in [4.69, 9.17) is 11.6 Å². The second-order valence-electron chi connectivity index (χ2n) is 4.05. The third kappa shape index (κ3) is 3.30. The standard InChI is InChI=1S/C14H13BrClN/c1-10-2-3-13(15)12(8-10)14(16)9-11-4-6-17-7-5-11/h2-8,14H,9H2,1H3. The number of pyridine rings is 1. The van der Waals surface area contributed by atoms with E-state index in [1.54, 1.807) is 12.4 Å². The Morgan fingerprint density at radius 2 is 1.94 bits per heavy atom. The molecule has 0 aliphatic carbocycles. The summed E-state index contributed by atoms with van der Waals surface area (Å²) in [4.78, 5) is 4.00. The van der Waals surface area contributed by atoms with Crippen LogP contribution in [-0.2, 0) is 6.42 Å². The maximum Gasteiger partial charge on any atom is 0.0636 e. The van der Waals surface area contributed by atoms with Gasteiger partial charge in [0.05, 0.1) is 5.38 Å². The Morgan fingerprint density at radius 1 is 1.24 bits per heavy atom. The Balaban J connectivity index is 2.20. The fraction of sp³-hybridized carbons (Fsp3) is 0.214. The predicted molar refractivity (Wildman–Crippen MR) is 75.4 cm³/mol. The van der Waals surface area contributed by atoms with Crippen molar-refractivity contribution in [2.24, 2.45) is 0 Å². The van der Waals surface area contributed by atoms with Crippen LogP contribution in [0, 0.1) is 6.92 Å². The number of nitrogens with zero attached hydrogens (tertiary/aromatic N) is 1. The van der Waals surface area contributed by atoms with Gasteiger partial charge in [0.25, 0.3) is 0 Å². The summed E-state index contributed by atoms with van der Waals surface area (Å²) < 4.78 is 1.07. The first kappa shape index (κ1) is 12.6. The predicted octanol–water partition coefficient (Wildman–Crippen LogP) is 4.68. The summed E-state index contributed by atoms with van der Waals surface area (Å²) >= 11 is 10.0. The molecule has 17 heavy (non-hydrogen) atoms. The molecular formula is C14H13BrClN. The molecule has 0 aliphatic rings. The molecule has 0 N–H and O–H groups in total. The molecule has 0 radical (unpaired) electrons. The molecule has 2 rings (SSSR count). The van der Waals surface area contributed by atoms with E-state index >= 15 is 0 Å². The first-order valence-corrected chi connectivity index (χ1v) is 6.69. The zero-order valence-electron chi connectivity index (χ0n) is 9.53. The fourth-order valence-electron chi connectivity index (χ4n) is 1.74. The van der Waals surface area contributed by atoms with Crippen LogP contribution in [0.1, 0.15) is 22.1 Å². The lowest BCUT2D eigenvalue weighted by Gasteiger charge is -2.12. The third-order valence-corrected chi connectivity index (χ3v) is 3.76. The molecule has 0 aliphatic heterocycles. The quantitative estimate of drug-likeness (QED) is 0.750. The van der Waals surface area contributed by atoms with E-state index in [1.807, 2.05) is 18.2 Å². The number of rotatable bonds is 3. The zero-order chi connectivity index (χ0) is 12.3. The molecule has 1 heterocycles. The number of hydrogen-bond acceptors (Lipinski definition) is 1. The van der Waals surface area contributed by atoms with Crippen LogP contribution in [0.2, 0.25) is 0 Å². The minimum atomic E-state index is -0.0216. The van der Waals surface area contributed by atoms with Crippen molar-refractivity contribution in [2.75, 3.05) is 0 Å². The van der Waals surface area contributed by atoms with Gasteiger partial charge in [-0.25, -0.2) is 0 Å². The molecular weight excluding hydrogens is 298 g/mol. The summed E-state index contributed by atoms with van der Waals surface area (Å²) in [7, 11) is 0. The van der Waals surface area contributed by atoms with E-state index in [0.717, 1.165) is 16.5 Å². The SMILES string of the molecule is Cc1ccc(Br)c(C(Cl)Cc2ccncc2)c1. The van der Waals surface area contributed by atoms with Gasteiger partial charge in [0.2, 0.25) is 0 Å². The molecule has 0 saturated carbocycles. The van der Waals surface area contributed by atoms with Crippen molar-refractivity contribution >= 4 is 27.5 Å². The van der Waals surface area contributed by atoms with Crippen LogP contribution >= 0.6 is 27.5 Å². The molecule has 0 fully saturated rings. The Bertz CT molecular complexity index is 499. The maximum atomic E-state index is 6.47. The number of halogens is 2. The Hall–Kier alpha value is -0.860. The average Bonchev–Trinajstić information content (AvgIpc) is 2.33. The van der Waals surface area contributed by atoms with E-state index in [1.165, 1.54) is 11.1 Å². The van der Waals surface area contributed by atoms with Gasteiger partial charge in [-0.1, -0.05) is 33.6 Å². The lowest BCUT2D eigenvalue weighted by Crippen LogP contribution is -1.97. The number of alkyl halides is 1. The highest BCUT2D eigenvalue weighted by Gasteiger charge is 2.12. The fourth-order valence-corrected chi connectivity index (χ4v) is 2.75. The van der Waals surface area contributed by atoms with Crippen LogP contribution in [0.3, 0.4) is 0 Å². The number of aromatic nitrogens is 1. The molecule has 1 aromatic heterocycles. The molecule has 0 saturated heterocycles. The summed E-state index contributed by atoms with van der Waals surface area (Å²) in [5.74, 6) is 0. The average molecular weight is 311 g/mol. The molecule has 0 bridgehead atoms. The summed E-state index contributed by atoms with van der Waals surface area (Å²) in [5, 5.41) is -0.0216. The summed E-state index contributed by atoms with van der Waals surface area (Å²) in [5.41, 5.74) is 3.57. The third-order valence-electron chi connectivity index (χ3n) is 2.65. The molecule has 3 heteroatoms. The number of hydrogen-bond donors (Lipinski definition) is 0. The highest BCUT2D eigenvalue weighted by atomic mass is 79.9. The van der Waals surface area contributed by atoms with Crippen LogP contribution in [0.25, 0.3) is 0 Å². The van der Waals surface area contributed by atoms with Crippen molar-refractivity contribution < 1.29 is 0 Å². The summed E-state index contributed by atoms with van der Waals surface area (Å²) in [6, 6.07) is 10.2. The minimum absolute atomic E-state index is 0.0216. The Kier molecular flexibility index (Phi) is 4.19. The van der Waals surface area contributed by atoms with E-state index in [0.29, 0.717) is 0 Å². The summed E-state index contributed by atoms with van der Waals surface area (Å²) in [6.07, 6.45) is 4.40. The van der Waals surface area contributed by atoms with Crippen LogP contribution in [0.15, 0.2) is 47.2 Å². The highest BCUT2D eigenvalue weighted by molar-refractivity contribution is 9.10. The lowest BCUT2D eigenvalue weighted by molar-refractivity contribution is 0.909. The minimum Gasteiger partial charge on any atom is -0.265 e. The molecule has 0 spiro atoms. The monoisotopic (exact) mass is 309 g/mol. The van der Waals surface area contributed by atoms with E-state index in [-0.39, 0.29) is 5.38 Å². The van der Waals surface area contributed by atoms with Gasteiger partial charge in [0, 0.05) is 16.9 Å². The van der Waals surface area contributed by atoms with Crippen molar-refractivity contribution in [1.29, 1.82) is 0 Å². The first-order chi connectivity index (χ1) is 8.16. The Labute approximate surface area is 115 Å². The van der Waals surface area contributed by atoms with Crippen LogP contribution in [0.5, 0.6) is 0 Å². The number of aryl methyl sites for hydroxylation is 1. The molecule has 1 atom stereocenters. The van der Waals surface area contributed by atoms with Gasteiger partial charge < -0.3 is 0 Å². The normalized spacial score (nSPS) is 12.4. The van der Waals surface area contributed by atoms with E-state index < -0.39 is 0 Å². The van der Waals surface area contributed by atoms with Crippen molar-refractivity contribution in [2.45, 2.75) is 18.7 Å². The molecule has 1 unspecified atom stereocenters. The lowest BCUT2D eigenvalue weighted by atomic mass is 10.0. The molecule has 1 aromatic carbocycles. The first-order valence-electron chi connectivity index (χ1n) is 5.46. The topological polar surface area (TPSA) is 12.9 Å². The van der Waals surface area contributed by atoms with Gasteiger partial charge >= 0.3 is 0 Å². The van der Waals surface area contributed by atoms with Crippen molar-refractivity contribution in [3.05, 3.63) is 63.9 Å².